The van der Waals surface area contributed by atoms with Crippen molar-refractivity contribution in [1.29, 1.82) is 0 Å². The number of ether oxygens (including phenoxy) is 1. The zero-order chi connectivity index (χ0) is 19.2. The minimum absolute atomic E-state index is 0.216. The number of hydrogen-bond donors (Lipinski definition) is 2. The Labute approximate surface area is 158 Å². The number of carbonyl (C=O) groups excluding carboxylic acids is 2. The zero-order valence-corrected chi connectivity index (χ0v) is 15.2. The van der Waals surface area contributed by atoms with Crippen molar-refractivity contribution in [2.75, 3.05) is 17.7 Å². The molecule has 0 aliphatic heterocycles. The second-order valence-electron chi connectivity index (χ2n) is 6.09. The van der Waals surface area contributed by atoms with Crippen molar-refractivity contribution >= 4 is 23.2 Å². The summed E-state index contributed by atoms with van der Waals surface area (Å²) in [5, 5.41) is 5.65. The molecular formula is C22H20N2O3. The van der Waals surface area contributed by atoms with Gasteiger partial charge in [-0.3, -0.25) is 9.59 Å². The van der Waals surface area contributed by atoms with Gasteiger partial charge in [-0.25, -0.2) is 0 Å². The minimum Gasteiger partial charge on any atom is -0.497 e. The van der Waals surface area contributed by atoms with Gasteiger partial charge in [0.1, 0.15) is 5.75 Å². The number of anilines is 2. The molecule has 0 aromatic heterocycles. The van der Waals surface area contributed by atoms with Gasteiger partial charge in [0.05, 0.1) is 7.11 Å². The lowest BCUT2D eigenvalue weighted by molar-refractivity contribution is 0.101. The van der Waals surface area contributed by atoms with Crippen LogP contribution in [0.5, 0.6) is 5.75 Å². The van der Waals surface area contributed by atoms with Crippen molar-refractivity contribution in [2.24, 2.45) is 0 Å². The van der Waals surface area contributed by atoms with Gasteiger partial charge in [-0.05, 0) is 61.5 Å². The molecule has 0 aliphatic carbocycles. The molecule has 0 unspecified atom stereocenters. The largest absolute Gasteiger partial charge is 0.497 e. The fourth-order valence-corrected chi connectivity index (χ4v) is 2.61. The number of aryl methyl sites for hydroxylation is 1. The van der Waals surface area contributed by atoms with Gasteiger partial charge < -0.3 is 15.4 Å². The molecule has 27 heavy (non-hydrogen) atoms. The van der Waals surface area contributed by atoms with Gasteiger partial charge in [0, 0.05) is 22.5 Å². The molecule has 0 spiro atoms. The van der Waals surface area contributed by atoms with Crippen molar-refractivity contribution in [1.82, 2.24) is 0 Å². The maximum atomic E-state index is 12.5. The smallest absolute Gasteiger partial charge is 0.255 e. The van der Waals surface area contributed by atoms with Crippen LogP contribution >= 0.6 is 0 Å². The summed E-state index contributed by atoms with van der Waals surface area (Å²) >= 11 is 0. The van der Waals surface area contributed by atoms with Crippen LogP contribution in [0, 0.1) is 6.92 Å². The fraction of sp³-hybridized carbons (Fsp3) is 0.0909. The van der Waals surface area contributed by atoms with Crippen LogP contribution < -0.4 is 15.4 Å². The monoisotopic (exact) mass is 360 g/mol. The van der Waals surface area contributed by atoms with E-state index in [1.54, 1.807) is 61.7 Å². The van der Waals surface area contributed by atoms with Gasteiger partial charge in [0.15, 0.2) is 0 Å². The van der Waals surface area contributed by atoms with Gasteiger partial charge in [0.25, 0.3) is 11.8 Å². The van der Waals surface area contributed by atoms with Crippen molar-refractivity contribution in [2.45, 2.75) is 6.92 Å². The molecular weight excluding hydrogens is 340 g/mol. The average Bonchev–Trinajstić information content (AvgIpc) is 2.68. The number of methoxy groups -OCH3 is 1. The Balaban J connectivity index is 1.70. The zero-order valence-electron chi connectivity index (χ0n) is 15.2. The van der Waals surface area contributed by atoms with Gasteiger partial charge in [-0.15, -0.1) is 0 Å². The maximum Gasteiger partial charge on any atom is 0.255 e. The van der Waals surface area contributed by atoms with Crippen molar-refractivity contribution < 1.29 is 14.3 Å². The van der Waals surface area contributed by atoms with Gasteiger partial charge >= 0.3 is 0 Å². The molecule has 2 N–H and O–H groups in total. The first-order chi connectivity index (χ1) is 13.0. The predicted octanol–water partition coefficient (Wildman–Crippen LogP) is 4.51. The Hall–Kier alpha value is -3.60. The van der Waals surface area contributed by atoms with E-state index >= 15 is 0 Å². The van der Waals surface area contributed by atoms with Crippen LogP contribution in [0.2, 0.25) is 0 Å². The summed E-state index contributed by atoms with van der Waals surface area (Å²) in [4.78, 5) is 24.8. The van der Waals surface area contributed by atoms with Crippen molar-refractivity contribution in [3.8, 4) is 5.75 Å². The fourth-order valence-electron chi connectivity index (χ4n) is 2.61. The summed E-state index contributed by atoms with van der Waals surface area (Å²) in [5.41, 5.74) is 3.25. The Bertz CT molecular complexity index is 965. The van der Waals surface area contributed by atoms with E-state index in [2.05, 4.69) is 10.6 Å². The molecule has 0 saturated carbocycles. The molecule has 3 aromatic carbocycles. The van der Waals surface area contributed by atoms with E-state index in [0.717, 1.165) is 5.56 Å². The highest BCUT2D eigenvalue weighted by molar-refractivity contribution is 6.07. The van der Waals surface area contributed by atoms with E-state index in [9.17, 15) is 9.59 Å². The average molecular weight is 360 g/mol. The summed E-state index contributed by atoms with van der Waals surface area (Å²) in [6.45, 7) is 1.93. The third kappa shape index (κ3) is 4.73. The number of nitrogens with one attached hydrogen (secondary N) is 2. The van der Waals surface area contributed by atoms with Crippen LogP contribution in [-0.2, 0) is 0 Å². The van der Waals surface area contributed by atoms with Crippen LogP contribution in [0.25, 0.3) is 0 Å². The summed E-state index contributed by atoms with van der Waals surface area (Å²) in [6, 6.07) is 21.2. The van der Waals surface area contributed by atoms with E-state index in [4.69, 9.17) is 4.74 Å². The maximum absolute atomic E-state index is 12.5. The first kappa shape index (κ1) is 18.2. The number of rotatable bonds is 5. The number of hydrogen-bond acceptors (Lipinski definition) is 3. The van der Waals surface area contributed by atoms with Crippen molar-refractivity contribution in [3.63, 3.8) is 0 Å². The SMILES string of the molecule is COc1ccc(NC(=O)c2cccc(NC(=O)c3cccc(C)c3)c2)cc1. The first-order valence-electron chi connectivity index (χ1n) is 8.48. The van der Waals surface area contributed by atoms with E-state index in [-0.39, 0.29) is 11.8 Å². The second-order valence-corrected chi connectivity index (χ2v) is 6.09. The third-order valence-electron chi connectivity index (χ3n) is 4.01. The lowest BCUT2D eigenvalue weighted by Crippen LogP contribution is -2.14. The molecule has 5 nitrogen and oxygen atoms in total. The summed E-state index contributed by atoms with van der Waals surface area (Å²) < 4.78 is 5.10. The van der Waals surface area contributed by atoms with Gasteiger partial charge in [-0.2, -0.15) is 0 Å². The highest BCUT2D eigenvalue weighted by Gasteiger charge is 2.10. The quantitative estimate of drug-likeness (QED) is 0.703. The molecule has 0 atom stereocenters. The third-order valence-corrected chi connectivity index (χ3v) is 4.01. The second kappa shape index (κ2) is 8.19. The number of benzene rings is 3. The van der Waals surface area contributed by atoms with E-state index < -0.39 is 0 Å². The van der Waals surface area contributed by atoms with Crippen LogP contribution in [-0.4, -0.2) is 18.9 Å². The highest BCUT2D eigenvalue weighted by atomic mass is 16.5. The Morgan fingerprint density at radius 2 is 1.33 bits per heavy atom. The lowest BCUT2D eigenvalue weighted by atomic mass is 10.1. The Morgan fingerprint density at radius 1 is 0.741 bits per heavy atom. The molecule has 5 heteroatoms. The van der Waals surface area contributed by atoms with Crippen LogP contribution in [0.15, 0.2) is 72.8 Å². The standard InChI is InChI=1S/C22H20N2O3/c1-15-5-3-6-16(13-15)21(25)24-19-8-4-7-17(14-19)22(26)23-18-9-11-20(27-2)12-10-18/h3-14H,1-2H3,(H,23,26)(H,24,25). The summed E-state index contributed by atoms with van der Waals surface area (Å²) in [6.07, 6.45) is 0. The van der Waals surface area contributed by atoms with Crippen LogP contribution in [0.3, 0.4) is 0 Å². The van der Waals surface area contributed by atoms with Crippen molar-refractivity contribution in [3.05, 3.63) is 89.5 Å². The van der Waals surface area contributed by atoms with Crippen LogP contribution in [0.4, 0.5) is 11.4 Å². The molecule has 2 amide bonds. The molecule has 0 aliphatic rings. The number of amides is 2. The Morgan fingerprint density at radius 3 is 1.96 bits per heavy atom. The van der Waals surface area contributed by atoms with E-state index in [1.165, 1.54) is 0 Å². The van der Waals surface area contributed by atoms with Gasteiger partial charge in [-0.1, -0.05) is 23.8 Å². The van der Waals surface area contributed by atoms with E-state index in [1.807, 2.05) is 25.1 Å². The molecule has 3 aromatic rings. The molecule has 3 rings (SSSR count). The van der Waals surface area contributed by atoms with Crippen LogP contribution in [0.1, 0.15) is 26.3 Å². The van der Waals surface area contributed by atoms with Gasteiger partial charge in [0.2, 0.25) is 0 Å². The topological polar surface area (TPSA) is 67.4 Å². The summed E-state index contributed by atoms with van der Waals surface area (Å²) in [5.74, 6) is 0.243. The first-order valence-corrected chi connectivity index (χ1v) is 8.48. The molecule has 0 radical (unpaired) electrons. The normalized spacial score (nSPS) is 10.1. The Kier molecular flexibility index (Phi) is 5.52. The molecule has 136 valence electrons. The van der Waals surface area contributed by atoms with E-state index in [0.29, 0.717) is 28.3 Å². The molecule has 0 saturated heterocycles. The summed E-state index contributed by atoms with van der Waals surface area (Å²) in [7, 11) is 1.59. The molecule has 0 fully saturated rings. The number of carbonyl (C=O) groups is 2. The highest BCUT2D eigenvalue weighted by Crippen LogP contribution is 2.18. The molecule has 0 bridgehead atoms. The molecule has 0 heterocycles. The lowest BCUT2D eigenvalue weighted by Gasteiger charge is -2.09. The predicted molar refractivity (Wildman–Crippen MR) is 107 cm³/mol. The minimum atomic E-state index is -0.258.